The van der Waals surface area contributed by atoms with E-state index in [1.54, 1.807) is 12.1 Å². The standard InChI is InChI=1S/C18H26N2O3/c1-6-11-20(12-15(21)19-5)17(23)16(22)13-7-9-14(10-8-13)18(2,3)4/h7-10H,6,11-12H2,1-5H3,(H,19,21). The van der Waals surface area contributed by atoms with Crippen molar-refractivity contribution >= 4 is 17.6 Å². The van der Waals surface area contributed by atoms with Gasteiger partial charge in [-0.05, 0) is 17.4 Å². The highest BCUT2D eigenvalue weighted by Gasteiger charge is 2.24. The van der Waals surface area contributed by atoms with Crippen molar-refractivity contribution in [3.05, 3.63) is 35.4 Å². The van der Waals surface area contributed by atoms with Crippen LogP contribution in [0.5, 0.6) is 0 Å². The lowest BCUT2D eigenvalue weighted by Crippen LogP contribution is -2.43. The molecule has 2 amide bonds. The van der Waals surface area contributed by atoms with Crippen molar-refractivity contribution in [3.63, 3.8) is 0 Å². The number of amides is 2. The van der Waals surface area contributed by atoms with Gasteiger partial charge in [-0.2, -0.15) is 0 Å². The third-order valence-corrected chi connectivity index (χ3v) is 3.60. The fourth-order valence-electron chi connectivity index (χ4n) is 2.16. The fraction of sp³-hybridized carbons (Fsp3) is 0.500. The molecule has 0 saturated carbocycles. The van der Waals surface area contributed by atoms with Gasteiger partial charge in [0.15, 0.2) is 0 Å². The monoisotopic (exact) mass is 318 g/mol. The summed E-state index contributed by atoms with van der Waals surface area (Å²) in [5.74, 6) is -1.51. The number of likely N-dealkylation sites (N-methyl/N-ethyl adjacent to an activating group) is 1. The Labute approximate surface area is 138 Å². The van der Waals surface area contributed by atoms with Crippen LogP contribution < -0.4 is 5.32 Å². The van der Waals surface area contributed by atoms with Crippen LogP contribution in [0.1, 0.15) is 50.0 Å². The van der Waals surface area contributed by atoms with Gasteiger partial charge in [0.2, 0.25) is 11.7 Å². The third kappa shape index (κ3) is 5.20. The molecule has 0 saturated heterocycles. The molecule has 0 aliphatic carbocycles. The molecule has 0 aliphatic rings. The summed E-state index contributed by atoms with van der Waals surface area (Å²) < 4.78 is 0. The summed E-state index contributed by atoms with van der Waals surface area (Å²) in [4.78, 5) is 37.5. The van der Waals surface area contributed by atoms with Crippen molar-refractivity contribution in [2.24, 2.45) is 0 Å². The van der Waals surface area contributed by atoms with E-state index < -0.39 is 11.7 Å². The van der Waals surface area contributed by atoms with Crippen LogP contribution in [0.2, 0.25) is 0 Å². The predicted octanol–water partition coefficient (Wildman–Crippen LogP) is 2.15. The van der Waals surface area contributed by atoms with E-state index in [-0.39, 0.29) is 17.9 Å². The number of benzene rings is 1. The number of rotatable bonds is 6. The Hall–Kier alpha value is -2.17. The fourth-order valence-corrected chi connectivity index (χ4v) is 2.16. The molecule has 0 radical (unpaired) electrons. The van der Waals surface area contributed by atoms with Crippen molar-refractivity contribution in [2.75, 3.05) is 20.1 Å². The number of nitrogens with zero attached hydrogens (tertiary/aromatic N) is 1. The first-order chi connectivity index (χ1) is 10.7. The van der Waals surface area contributed by atoms with Crippen LogP contribution >= 0.6 is 0 Å². The van der Waals surface area contributed by atoms with Gasteiger partial charge in [-0.1, -0.05) is 52.0 Å². The number of hydrogen-bond donors (Lipinski definition) is 1. The molecule has 5 nitrogen and oxygen atoms in total. The van der Waals surface area contributed by atoms with Crippen LogP contribution in [0.3, 0.4) is 0 Å². The number of Topliss-reactive ketones (excluding diaryl/α,β-unsaturated/α-hetero) is 1. The second kappa shape index (κ2) is 7.90. The SMILES string of the molecule is CCCN(CC(=O)NC)C(=O)C(=O)c1ccc(C(C)(C)C)cc1. The lowest BCUT2D eigenvalue weighted by Gasteiger charge is -2.21. The number of carbonyl (C=O) groups excluding carboxylic acids is 3. The molecular weight excluding hydrogens is 292 g/mol. The van der Waals surface area contributed by atoms with Gasteiger partial charge in [0.05, 0.1) is 6.54 Å². The van der Waals surface area contributed by atoms with E-state index >= 15 is 0 Å². The van der Waals surface area contributed by atoms with Crippen molar-refractivity contribution < 1.29 is 14.4 Å². The first-order valence-corrected chi connectivity index (χ1v) is 7.85. The van der Waals surface area contributed by atoms with Crippen LogP contribution in [0.25, 0.3) is 0 Å². The number of hydrogen-bond acceptors (Lipinski definition) is 3. The average Bonchev–Trinajstić information content (AvgIpc) is 2.52. The number of carbonyl (C=O) groups is 3. The molecule has 0 bridgehead atoms. The molecule has 0 atom stereocenters. The van der Waals surface area contributed by atoms with Gasteiger partial charge in [-0.15, -0.1) is 0 Å². The summed E-state index contributed by atoms with van der Waals surface area (Å²) in [5.41, 5.74) is 1.43. The van der Waals surface area contributed by atoms with Crippen LogP contribution in [-0.4, -0.2) is 42.6 Å². The van der Waals surface area contributed by atoms with Crippen molar-refractivity contribution in [1.82, 2.24) is 10.2 Å². The van der Waals surface area contributed by atoms with Gasteiger partial charge in [-0.25, -0.2) is 0 Å². The Kier molecular flexibility index (Phi) is 6.49. The molecule has 0 spiro atoms. The Morgan fingerprint density at radius 2 is 1.65 bits per heavy atom. The molecule has 5 heteroatoms. The highest BCUT2D eigenvalue weighted by molar-refractivity contribution is 6.42. The van der Waals surface area contributed by atoms with E-state index in [2.05, 4.69) is 26.1 Å². The van der Waals surface area contributed by atoms with Crippen molar-refractivity contribution in [3.8, 4) is 0 Å². The third-order valence-electron chi connectivity index (χ3n) is 3.60. The predicted molar refractivity (Wildman–Crippen MR) is 90.4 cm³/mol. The Morgan fingerprint density at radius 3 is 2.09 bits per heavy atom. The second-order valence-electron chi connectivity index (χ2n) is 6.56. The second-order valence-corrected chi connectivity index (χ2v) is 6.56. The molecule has 0 aliphatic heterocycles. The largest absolute Gasteiger partial charge is 0.358 e. The van der Waals surface area contributed by atoms with E-state index in [1.165, 1.54) is 11.9 Å². The van der Waals surface area contributed by atoms with Gasteiger partial charge >= 0.3 is 0 Å². The number of nitrogens with one attached hydrogen (secondary N) is 1. The molecule has 0 heterocycles. The average molecular weight is 318 g/mol. The van der Waals surface area contributed by atoms with Gasteiger partial charge in [0.1, 0.15) is 0 Å². The summed E-state index contributed by atoms with van der Waals surface area (Å²) in [6, 6.07) is 7.07. The smallest absolute Gasteiger partial charge is 0.295 e. The molecule has 1 aromatic rings. The topological polar surface area (TPSA) is 66.5 Å². The number of ketones is 1. The summed E-state index contributed by atoms with van der Waals surface area (Å²) in [6.07, 6.45) is 0.680. The van der Waals surface area contributed by atoms with Gasteiger partial charge in [0, 0.05) is 19.2 Å². The maximum absolute atomic E-state index is 12.4. The van der Waals surface area contributed by atoms with Crippen LogP contribution in [0.15, 0.2) is 24.3 Å². The first kappa shape index (κ1) is 18.9. The minimum absolute atomic E-state index is 0.0148. The van der Waals surface area contributed by atoms with Crippen LogP contribution in [0.4, 0.5) is 0 Å². The van der Waals surface area contributed by atoms with E-state index in [0.717, 1.165) is 5.56 Å². The summed E-state index contributed by atoms with van der Waals surface area (Å²) in [5, 5.41) is 2.47. The minimum atomic E-state index is -0.640. The van der Waals surface area contributed by atoms with Crippen molar-refractivity contribution in [1.29, 1.82) is 0 Å². The molecule has 0 aromatic heterocycles. The molecule has 23 heavy (non-hydrogen) atoms. The maximum atomic E-state index is 12.4. The molecule has 1 N–H and O–H groups in total. The van der Waals surface area contributed by atoms with Crippen molar-refractivity contribution in [2.45, 2.75) is 39.5 Å². The summed E-state index contributed by atoms with van der Waals surface area (Å²) in [7, 11) is 1.50. The maximum Gasteiger partial charge on any atom is 0.295 e. The lowest BCUT2D eigenvalue weighted by molar-refractivity contribution is -0.132. The van der Waals surface area contributed by atoms with Gasteiger partial charge in [-0.3, -0.25) is 14.4 Å². The summed E-state index contributed by atoms with van der Waals surface area (Å²) in [6.45, 7) is 8.42. The zero-order valence-electron chi connectivity index (χ0n) is 14.6. The molecule has 0 fully saturated rings. The van der Waals surface area contributed by atoms with E-state index in [1.807, 2.05) is 19.1 Å². The molecular formula is C18H26N2O3. The van der Waals surface area contributed by atoms with E-state index in [9.17, 15) is 14.4 Å². The van der Waals surface area contributed by atoms with E-state index in [4.69, 9.17) is 0 Å². The highest BCUT2D eigenvalue weighted by Crippen LogP contribution is 2.22. The zero-order chi connectivity index (χ0) is 17.6. The Morgan fingerprint density at radius 1 is 1.09 bits per heavy atom. The molecule has 1 aromatic carbocycles. The van der Waals surface area contributed by atoms with Gasteiger partial charge in [0.25, 0.3) is 5.91 Å². The Bertz CT molecular complexity index is 571. The molecule has 126 valence electrons. The molecule has 1 rings (SSSR count). The van der Waals surface area contributed by atoms with E-state index in [0.29, 0.717) is 18.5 Å². The lowest BCUT2D eigenvalue weighted by atomic mass is 9.86. The van der Waals surface area contributed by atoms with Crippen LogP contribution in [0, 0.1) is 0 Å². The Balaban J connectivity index is 2.92. The summed E-state index contributed by atoms with van der Waals surface area (Å²) >= 11 is 0. The highest BCUT2D eigenvalue weighted by atomic mass is 16.2. The quantitative estimate of drug-likeness (QED) is 0.645. The zero-order valence-corrected chi connectivity index (χ0v) is 14.6. The van der Waals surface area contributed by atoms with Gasteiger partial charge < -0.3 is 10.2 Å². The molecule has 0 unspecified atom stereocenters. The minimum Gasteiger partial charge on any atom is -0.358 e. The normalized spacial score (nSPS) is 11.0. The first-order valence-electron chi connectivity index (χ1n) is 7.85. The van der Waals surface area contributed by atoms with Crippen LogP contribution in [-0.2, 0) is 15.0 Å².